The Morgan fingerprint density at radius 1 is 0.931 bits per heavy atom. The number of carbonyl (C=O) groups is 1. The number of phenolic OH excluding ortho intramolecular Hbond substituents is 2. The first-order valence-corrected chi connectivity index (χ1v) is 9.11. The Balaban J connectivity index is 1.97. The van der Waals surface area contributed by atoms with E-state index >= 15 is 0 Å². The number of aromatic hydroxyl groups is 2. The van der Waals surface area contributed by atoms with E-state index in [1.54, 1.807) is 12.1 Å². The van der Waals surface area contributed by atoms with Crippen LogP contribution in [0.25, 0.3) is 0 Å². The number of cyclic esters (lactones) is 1. The van der Waals surface area contributed by atoms with Gasteiger partial charge < -0.3 is 34.3 Å². The summed E-state index contributed by atoms with van der Waals surface area (Å²) in [7, 11) is 4.49. The molecule has 0 radical (unpaired) electrons. The number of esters is 1. The van der Waals surface area contributed by atoms with Gasteiger partial charge in [-0.2, -0.15) is 0 Å². The quantitative estimate of drug-likeness (QED) is 0.526. The number of aliphatic hydroxyl groups excluding tert-OH is 1. The highest BCUT2D eigenvalue weighted by Crippen LogP contribution is 2.54. The average Bonchev–Trinajstić information content (AvgIpc) is 3.10. The summed E-state index contributed by atoms with van der Waals surface area (Å²) in [5, 5.41) is 30.9. The number of carbonyl (C=O) groups excluding carboxylic acids is 1. The molecule has 1 aliphatic heterocycles. The summed E-state index contributed by atoms with van der Waals surface area (Å²) >= 11 is 0. The van der Waals surface area contributed by atoms with Crippen LogP contribution in [0.2, 0.25) is 0 Å². The Hall–Kier alpha value is -3.13. The van der Waals surface area contributed by atoms with E-state index in [1.165, 1.54) is 33.5 Å². The van der Waals surface area contributed by atoms with Crippen LogP contribution in [0.15, 0.2) is 24.3 Å². The van der Waals surface area contributed by atoms with Crippen molar-refractivity contribution in [3.05, 3.63) is 41.0 Å². The summed E-state index contributed by atoms with van der Waals surface area (Å²) in [6, 6.07) is 6.18. The second kappa shape index (κ2) is 7.04. The van der Waals surface area contributed by atoms with E-state index in [0.29, 0.717) is 33.9 Å². The monoisotopic (exact) mass is 402 g/mol. The molecule has 4 atom stereocenters. The maximum atomic E-state index is 12.6. The molecule has 8 nitrogen and oxygen atoms in total. The van der Waals surface area contributed by atoms with Crippen molar-refractivity contribution in [2.45, 2.75) is 12.0 Å². The molecule has 2 aromatic rings. The fraction of sp³-hybridized carbons (Fsp3) is 0.381. The smallest absolute Gasteiger partial charge is 0.310 e. The Bertz CT molecular complexity index is 944. The van der Waals surface area contributed by atoms with Gasteiger partial charge in [0.25, 0.3) is 0 Å². The minimum Gasteiger partial charge on any atom is -0.504 e. The van der Waals surface area contributed by atoms with Gasteiger partial charge in [-0.3, -0.25) is 4.79 Å². The molecule has 2 aliphatic rings. The average molecular weight is 402 g/mol. The van der Waals surface area contributed by atoms with Gasteiger partial charge >= 0.3 is 5.97 Å². The molecule has 1 fully saturated rings. The lowest BCUT2D eigenvalue weighted by molar-refractivity contribution is -0.141. The maximum Gasteiger partial charge on any atom is 0.310 e. The molecule has 2 unspecified atom stereocenters. The molecule has 0 saturated carbocycles. The molecule has 0 aromatic heterocycles. The number of benzene rings is 2. The summed E-state index contributed by atoms with van der Waals surface area (Å²) in [5.41, 5.74) is 1.65. The van der Waals surface area contributed by atoms with Crippen LogP contribution in [0, 0.1) is 11.8 Å². The summed E-state index contributed by atoms with van der Waals surface area (Å²) in [6.45, 7) is 0.0761. The van der Waals surface area contributed by atoms with Crippen LogP contribution >= 0.6 is 0 Å². The van der Waals surface area contributed by atoms with Crippen LogP contribution in [0.3, 0.4) is 0 Å². The zero-order valence-electron chi connectivity index (χ0n) is 16.2. The van der Waals surface area contributed by atoms with Crippen LogP contribution in [-0.2, 0) is 9.53 Å². The first-order valence-electron chi connectivity index (χ1n) is 9.11. The van der Waals surface area contributed by atoms with Gasteiger partial charge in [-0.15, -0.1) is 0 Å². The highest BCUT2D eigenvalue weighted by molar-refractivity contribution is 5.79. The minimum absolute atomic E-state index is 0.0761. The van der Waals surface area contributed by atoms with Gasteiger partial charge in [0.05, 0.1) is 40.0 Å². The highest BCUT2D eigenvalue weighted by Gasteiger charge is 2.52. The lowest BCUT2D eigenvalue weighted by Gasteiger charge is -2.37. The molecule has 1 saturated heterocycles. The third kappa shape index (κ3) is 2.82. The zero-order chi connectivity index (χ0) is 20.9. The van der Waals surface area contributed by atoms with Crippen LogP contribution < -0.4 is 14.2 Å². The van der Waals surface area contributed by atoms with Crippen LogP contribution in [-0.4, -0.2) is 49.2 Å². The predicted molar refractivity (Wildman–Crippen MR) is 101 cm³/mol. The number of ether oxygens (including phenoxy) is 4. The zero-order valence-corrected chi connectivity index (χ0v) is 16.2. The number of phenols is 2. The molecule has 1 aliphatic carbocycles. The fourth-order valence-corrected chi connectivity index (χ4v) is 4.45. The molecule has 0 amide bonds. The number of hydrogen-bond donors (Lipinski definition) is 3. The minimum atomic E-state index is -1.01. The molecule has 154 valence electrons. The summed E-state index contributed by atoms with van der Waals surface area (Å²) in [5.74, 6) is -1.55. The van der Waals surface area contributed by atoms with Crippen molar-refractivity contribution in [1.82, 2.24) is 0 Å². The van der Waals surface area contributed by atoms with Crippen molar-refractivity contribution in [3.63, 3.8) is 0 Å². The largest absolute Gasteiger partial charge is 0.504 e. The van der Waals surface area contributed by atoms with E-state index in [0.717, 1.165) is 0 Å². The molecule has 29 heavy (non-hydrogen) atoms. The Morgan fingerprint density at radius 2 is 1.52 bits per heavy atom. The first kappa shape index (κ1) is 19.2. The Morgan fingerprint density at radius 3 is 2.07 bits per heavy atom. The topological polar surface area (TPSA) is 115 Å². The molecule has 4 rings (SSSR count). The van der Waals surface area contributed by atoms with Crippen LogP contribution in [0.4, 0.5) is 0 Å². The SMILES string of the molecule is COc1cc([C@@H]2c3cc(O)c(O)cc3[C@H](O)C3COC(=O)C32)cc(OC)c1OC. The summed E-state index contributed by atoms with van der Waals surface area (Å²) in [6.07, 6.45) is -1.01. The fourth-order valence-electron chi connectivity index (χ4n) is 4.45. The normalized spacial score (nSPS) is 25.0. The first-order chi connectivity index (χ1) is 13.9. The number of aliphatic hydroxyl groups is 1. The van der Waals surface area contributed by atoms with Gasteiger partial charge in [0.2, 0.25) is 5.75 Å². The maximum absolute atomic E-state index is 12.6. The number of rotatable bonds is 4. The van der Waals surface area contributed by atoms with E-state index < -0.39 is 29.8 Å². The molecule has 3 N–H and O–H groups in total. The van der Waals surface area contributed by atoms with Crippen LogP contribution in [0.1, 0.15) is 28.7 Å². The van der Waals surface area contributed by atoms with E-state index in [2.05, 4.69) is 0 Å². The van der Waals surface area contributed by atoms with E-state index in [9.17, 15) is 20.1 Å². The molecule has 0 bridgehead atoms. The molecular weight excluding hydrogens is 380 g/mol. The van der Waals surface area contributed by atoms with Gasteiger partial charge in [-0.25, -0.2) is 0 Å². The molecule has 2 aromatic carbocycles. The highest BCUT2D eigenvalue weighted by atomic mass is 16.5. The van der Waals surface area contributed by atoms with Gasteiger partial charge in [0.15, 0.2) is 23.0 Å². The number of methoxy groups -OCH3 is 3. The van der Waals surface area contributed by atoms with Crippen LogP contribution in [0.5, 0.6) is 28.7 Å². The van der Waals surface area contributed by atoms with Gasteiger partial charge in [0, 0.05) is 11.8 Å². The van der Waals surface area contributed by atoms with Crippen molar-refractivity contribution in [2.24, 2.45) is 11.8 Å². The third-order valence-electron chi connectivity index (χ3n) is 5.80. The van der Waals surface area contributed by atoms with Gasteiger partial charge in [-0.05, 0) is 41.0 Å². The van der Waals surface area contributed by atoms with Crippen molar-refractivity contribution in [3.8, 4) is 28.7 Å². The Labute approximate surface area is 167 Å². The van der Waals surface area contributed by atoms with Gasteiger partial charge in [0.1, 0.15) is 0 Å². The molecule has 8 heteroatoms. The lowest BCUT2D eigenvalue weighted by atomic mass is 9.66. The van der Waals surface area contributed by atoms with Crippen molar-refractivity contribution in [1.29, 1.82) is 0 Å². The second-order valence-corrected chi connectivity index (χ2v) is 7.17. The van der Waals surface area contributed by atoms with Gasteiger partial charge in [-0.1, -0.05) is 0 Å². The summed E-state index contributed by atoms with van der Waals surface area (Å²) < 4.78 is 21.5. The molecule has 1 heterocycles. The van der Waals surface area contributed by atoms with Crippen molar-refractivity contribution < 1.29 is 39.1 Å². The standard InChI is InChI=1S/C21H22O8/c1-26-15-4-9(5-16(27-2)20(15)28-3)17-10-6-13(22)14(23)7-11(10)19(24)12-8-29-21(25)18(12)17/h4-7,12,17-19,22-24H,8H2,1-3H3/t12?,17-,18?,19+/m1/s1. The second-order valence-electron chi connectivity index (χ2n) is 7.17. The van der Waals surface area contributed by atoms with E-state index in [1.807, 2.05) is 0 Å². The van der Waals surface area contributed by atoms with E-state index in [4.69, 9.17) is 18.9 Å². The predicted octanol–water partition coefficient (Wildman–Crippen LogP) is 2.09. The summed E-state index contributed by atoms with van der Waals surface area (Å²) in [4.78, 5) is 12.6. The molecule has 0 spiro atoms. The van der Waals surface area contributed by atoms with Crippen molar-refractivity contribution in [2.75, 3.05) is 27.9 Å². The van der Waals surface area contributed by atoms with E-state index in [-0.39, 0.29) is 18.1 Å². The number of fused-ring (bicyclic) bond motifs is 2. The third-order valence-corrected chi connectivity index (χ3v) is 5.80. The number of hydrogen-bond acceptors (Lipinski definition) is 8. The molecular formula is C21H22O8. The Kier molecular flexibility index (Phi) is 4.66. The lowest BCUT2D eigenvalue weighted by Crippen LogP contribution is -2.34. The van der Waals surface area contributed by atoms with Crippen molar-refractivity contribution >= 4 is 5.97 Å².